The molecule has 2 heterocycles. The average molecular weight is 560 g/mol. The fraction of sp³-hybridized carbons (Fsp3) is 0.536. The number of piperidine rings is 2. The first-order valence-corrected chi connectivity index (χ1v) is 13.2. The minimum Gasteiger partial charge on any atom is -0.339 e. The van der Waals surface area contributed by atoms with Gasteiger partial charge in [-0.3, -0.25) is 4.79 Å². The summed E-state index contributed by atoms with van der Waals surface area (Å²) in [6, 6.07) is 16.8. The Morgan fingerprint density at radius 2 is 1.43 bits per heavy atom. The molecule has 7 heteroatoms. The number of hydrogen-bond acceptors (Lipinski definition) is 2. The fourth-order valence-electron chi connectivity index (χ4n) is 5.80. The maximum atomic E-state index is 13.3. The summed E-state index contributed by atoms with van der Waals surface area (Å²) in [5.41, 5.74) is 2.56. The first-order valence-electron chi connectivity index (χ1n) is 12.4. The van der Waals surface area contributed by atoms with Crippen LogP contribution in [0.3, 0.4) is 0 Å². The highest BCUT2D eigenvalue weighted by atomic mass is 35.5. The van der Waals surface area contributed by atoms with E-state index >= 15 is 0 Å². The molecule has 0 radical (unpaired) electrons. The second-order valence-corrected chi connectivity index (χ2v) is 11.0. The molecular weight excluding hydrogens is 522 g/mol. The fourth-order valence-corrected chi connectivity index (χ4v) is 6.05. The first-order chi connectivity index (χ1) is 15.9. The number of amides is 1. The van der Waals surface area contributed by atoms with Crippen LogP contribution < -0.4 is 5.32 Å². The Labute approximate surface area is 233 Å². The van der Waals surface area contributed by atoms with Gasteiger partial charge in [-0.1, -0.05) is 61.3 Å². The van der Waals surface area contributed by atoms with E-state index in [0.717, 1.165) is 55.4 Å². The highest BCUT2D eigenvalue weighted by Crippen LogP contribution is 2.42. The van der Waals surface area contributed by atoms with Gasteiger partial charge >= 0.3 is 0 Å². The minimum atomic E-state index is 0. The van der Waals surface area contributed by atoms with E-state index in [0.29, 0.717) is 30.1 Å². The summed E-state index contributed by atoms with van der Waals surface area (Å²) < 4.78 is 0. The molecule has 0 spiro atoms. The van der Waals surface area contributed by atoms with Crippen LogP contribution in [0.5, 0.6) is 0 Å². The molecule has 1 N–H and O–H groups in total. The lowest BCUT2D eigenvalue weighted by Gasteiger charge is -2.45. The van der Waals surface area contributed by atoms with Gasteiger partial charge in [0.05, 0.1) is 0 Å². The molecule has 2 aromatic rings. The zero-order valence-electron chi connectivity index (χ0n) is 20.6. The molecule has 194 valence electrons. The van der Waals surface area contributed by atoms with E-state index < -0.39 is 0 Å². The van der Waals surface area contributed by atoms with Gasteiger partial charge in [0.25, 0.3) is 0 Å². The summed E-state index contributed by atoms with van der Waals surface area (Å²) in [7, 11) is 0. The van der Waals surface area contributed by atoms with Gasteiger partial charge < -0.3 is 10.2 Å². The van der Waals surface area contributed by atoms with Gasteiger partial charge in [0.15, 0.2) is 0 Å². The third kappa shape index (κ3) is 7.76. The van der Waals surface area contributed by atoms with Gasteiger partial charge in [-0.05, 0) is 91.9 Å². The van der Waals surface area contributed by atoms with Crippen LogP contribution in [0.2, 0.25) is 10.0 Å². The molecule has 3 nitrogen and oxygen atoms in total. The van der Waals surface area contributed by atoms with E-state index in [2.05, 4.69) is 48.3 Å². The van der Waals surface area contributed by atoms with E-state index in [1.54, 1.807) is 0 Å². The molecule has 35 heavy (non-hydrogen) atoms. The number of halogens is 4. The lowest BCUT2D eigenvalue weighted by atomic mass is 9.72. The van der Waals surface area contributed by atoms with Crippen LogP contribution in [0, 0.1) is 17.8 Å². The molecule has 2 aliphatic heterocycles. The normalized spacial score (nSPS) is 20.9. The van der Waals surface area contributed by atoms with E-state index in [4.69, 9.17) is 23.2 Å². The van der Waals surface area contributed by atoms with Crippen molar-refractivity contribution in [2.75, 3.05) is 19.6 Å². The standard InChI is InChI=1S/C28H36Cl2N2O.2ClH/c1-19(2)26-18-23(13-16-32(26)27(33)17-20-11-14-31-15-12-20)28(21-3-7-24(29)8-4-21)22-5-9-25(30)10-6-22;;/h3-10,19-20,23,26,28,31H,11-18H2,1-2H3;2*1H/t23?,26-;;/m0../s1. The predicted molar refractivity (Wildman–Crippen MR) is 153 cm³/mol. The van der Waals surface area contributed by atoms with Crippen molar-refractivity contribution in [2.45, 2.75) is 57.9 Å². The second-order valence-electron chi connectivity index (χ2n) is 10.2. The Balaban J connectivity index is 0.00000216. The summed E-state index contributed by atoms with van der Waals surface area (Å²) in [5.74, 6) is 2.04. The third-order valence-electron chi connectivity index (χ3n) is 7.63. The molecule has 2 aliphatic rings. The van der Waals surface area contributed by atoms with Crippen LogP contribution in [0.15, 0.2) is 48.5 Å². The number of benzene rings is 2. The van der Waals surface area contributed by atoms with Crippen molar-refractivity contribution < 1.29 is 4.79 Å². The topological polar surface area (TPSA) is 32.3 Å². The van der Waals surface area contributed by atoms with E-state index in [1.807, 2.05) is 24.3 Å². The van der Waals surface area contributed by atoms with Crippen molar-refractivity contribution in [1.29, 1.82) is 0 Å². The summed E-state index contributed by atoms with van der Waals surface area (Å²) in [6.07, 6.45) is 4.96. The van der Waals surface area contributed by atoms with Gasteiger partial charge in [-0.2, -0.15) is 0 Å². The number of likely N-dealkylation sites (tertiary alicyclic amines) is 1. The van der Waals surface area contributed by atoms with Crippen molar-refractivity contribution in [3.8, 4) is 0 Å². The van der Waals surface area contributed by atoms with Gasteiger partial charge in [-0.15, -0.1) is 24.8 Å². The summed E-state index contributed by atoms with van der Waals surface area (Å²) in [6.45, 7) is 7.44. The number of rotatable bonds is 6. The van der Waals surface area contributed by atoms with E-state index in [9.17, 15) is 4.79 Å². The maximum Gasteiger partial charge on any atom is 0.223 e. The largest absolute Gasteiger partial charge is 0.339 e. The molecule has 0 aliphatic carbocycles. The maximum absolute atomic E-state index is 13.3. The molecule has 2 fully saturated rings. The third-order valence-corrected chi connectivity index (χ3v) is 8.13. The molecule has 4 rings (SSSR count). The van der Waals surface area contributed by atoms with Crippen LogP contribution in [-0.4, -0.2) is 36.5 Å². The molecule has 1 unspecified atom stereocenters. The highest BCUT2D eigenvalue weighted by Gasteiger charge is 2.38. The molecular formula is C28H38Cl4N2O. The number of carbonyl (C=O) groups is 1. The lowest BCUT2D eigenvalue weighted by molar-refractivity contribution is -0.138. The molecule has 0 bridgehead atoms. The monoisotopic (exact) mass is 558 g/mol. The summed E-state index contributed by atoms with van der Waals surface area (Å²) >= 11 is 12.4. The zero-order valence-corrected chi connectivity index (χ0v) is 23.7. The van der Waals surface area contributed by atoms with E-state index in [-0.39, 0.29) is 36.8 Å². The Kier molecular flexibility index (Phi) is 12.2. The molecule has 2 aromatic carbocycles. The van der Waals surface area contributed by atoms with Crippen LogP contribution >= 0.6 is 48.0 Å². The van der Waals surface area contributed by atoms with Crippen molar-refractivity contribution in [3.05, 3.63) is 69.7 Å². The first kappa shape index (κ1) is 30.3. The molecule has 1 amide bonds. The quantitative estimate of drug-likeness (QED) is 0.394. The SMILES string of the molecule is CC(C)[C@@H]1CC(C(c2ccc(Cl)cc2)c2ccc(Cl)cc2)CCN1C(=O)CC1CCNCC1.Cl.Cl. The van der Waals surface area contributed by atoms with Gasteiger partial charge in [-0.25, -0.2) is 0 Å². The number of hydrogen-bond donors (Lipinski definition) is 1. The van der Waals surface area contributed by atoms with Gasteiger partial charge in [0.1, 0.15) is 0 Å². The molecule has 2 atom stereocenters. The number of nitrogens with zero attached hydrogens (tertiary/aromatic N) is 1. The van der Waals surface area contributed by atoms with Gasteiger partial charge in [0.2, 0.25) is 5.91 Å². The van der Waals surface area contributed by atoms with E-state index in [1.165, 1.54) is 11.1 Å². The van der Waals surface area contributed by atoms with Crippen LogP contribution in [-0.2, 0) is 4.79 Å². The smallest absolute Gasteiger partial charge is 0.223 e. The Morgan fingerprint density at radius 1 is 0.914 bits per heavy atom. The Hall–Kier alpha value is -0.970. The molecule has 0 saturated carbocycles. The average Bonchev–Trinajstić information content (AvgIpc) is 2.82. The minimum absolute atomic E-state index is 0. The zero-order chi connectivity index (χ0) is 23.4. The number of carbonyl (C=O) groups excluding carboxylic acids is 1. The molecule has 2 saturated heterocycles. The van der Waals surface area contributed by atoms with Crippen LogP contribution in [0.1, 0.15) is 63.0 Å². The predicted octanol–water partition coefficient (Wildman–Crippen LogP) is 7.62. The summed E-state index contributed by atoms with van der Waals surface area (Å²) in [5, 5.41) is 4.92. The summed E-state index contributed by atoms with van der Waals surface area (Å²) in [4.78, 5) is 15.6. The second kappa shape index (κ2) is 14.1. The highest BCUT2D eigenvalue weighted by molar-refractivity contribution is 6.30. The van der Waals surface area contributed by atoms with Crippen molar-refractivity contribution in [3.63, 3.8) is 0 Å². The Morgan fingerprint density at radius 3 is 1.91 bits per heavy atom. The van der Waals surface area contributed by atoms with Crippen molar-refractivity contribution in [1.82, 2.24) is 10.2 Å². The van der Waals surface area contributed by atoms with Crippen molar-refractivity contribution in [2.24, 2.45) is 17.8 Å². The van der Waals surface area contributed by atoms with Crippen molar-refractivity contribution >= 4 is 53.9 Å². The van der Waals surface area contributed by atoms with Crippen LogP contribution in [0.4, 0.5) is 0 Å². The van der Waals surface area contributed by atoms with Crippen LogP contribution in [0.25, 0.3) is 0 Å². The number of nitrogens with one attached hydrogen (secondary N) is 1. The molecule has 0 aromatic heterocycles. The van der Waals surface area contributed by atoms with Gasteiger partial charge in [0, 0.05) is 35.0 Å². The lowest BCUT2D eigenvalue weighted by Crippen LogP contribution is -2.50. The Bertz CT molecular complexity index is 868.